The molecule has 1 aromatic rings. The number of rotatable bonds is 3. The summed E-state index contributed by atoms with van der Waals surface area (Å²) < 4.78 is 0. The van der Waals surface area contributed by atoms with Crippen LogP contribution in [-0.2, 0) is 4.79 Å². The highest BCUT2D eigenvalue weighted by Gasteiger charge is 2.24. The Labute approximate surface area is 107 Å². The highest BCUT2D eigenvalue weighted by Crippen LogP contribution is 2.30. The van der Waals surface area contributed by atoms with Gasteiger partial charge in [0.05, 0.1) is 11.4 Å². The highest BCUT2D eigenvalue weighted by molar-refractivity contribution is 5.98. The Morgan fingerprint density at radius 3 is 2.94 bits per heavy atom. The first-order valence-electron chi connectivity index (χ1n) is 6.71. The molecule has 3 rings (SSSR count). The predicted molar refractivity (Wildman–Crippen MR) is 72.9 cm³/mol. The third kappa shape index (κ3) is 2.20. The first-order valence-corrected chi connectivity index (χ1v) is 6.71. The van der Waals surface area contributed by atoms with E-state index in [0.29, 0.717) is 12.5 Å². The van der Waals surface area contributed by atoms with Crippen molar-refractivity contribution in [3.05, 3.63) is 24.3 Å². The summed E-state index contributed by atoms with van der Waals surface area (Å²) in [6.07, 6.45) is 2.79. The Balaban J connectivity index is 1.82. The number of benzene rings is 1. The van der Waals surface area contributed by atoms with E-state index in [2.05, 4.69) is 16.7 Å². The van der Waals surface area contributed by atoms with E-state index in [0.717, 1.165) is 43.9 Å². The fraction of sp³-hybridized carbons (Fsp3) is 0.500. The van der Waals surface area contributed by atoms with Gasteiger partial charge in [-0.1, -0.05) is 12.1 Å². The molecule has 96 valence electrons. The number of nitrogens with one attached hydrogen (secondary N) is 2. The van der Waals surface area contributed by atoms with Crippen LogP contribution in [0.25, 0.3) is 0 Å². The lowest BCUT2D eigenvalue weighted by Gasteiger charge is -2.22. The molecule has 0 spiro atoms. The molecule has 4 heteroatoms. The number of carbonyl (C=O) groups excluding carboxylic acids is 1. The van der Waals surface area contributed by atoms with Gasteiger partial charge in [0.15, 0.2) is 0 Å². The van der Waals surface area contributed by atoms with E-state index >= 15 is 0 Å². The lowest BCUT2D eigenvalue weighted by molar-refractivity contribution is -0.117. The maximum absolute atomic E-state index is 11.8. The first-order chi connectivity index (χ1) is 8.84. The van der Waals surface area contributed by atoms with Gasteiger partial charge in [0.1, 0.15) is 0 Å². The maximum atomic E-state index is 11.8. The zero-order valence-corrected chi connectivity index (χ0v) is 10.5. The zero-order chi connectivity index (χ0) is 12.4. The minimum Gasteiger partial charge on any atom is -0.379 e. The van der Waals surface area contributed by atoms with Gasteiger partial charge in [0.2, 0.25) is 5.91 Å². The Morgan fingerprint density at radius 1 is 1.33 bits per heavy atom. The van der Waals surface area contributed by atoms with Crippen molar-refractivity contribution in [3.8, 4) is 0 Å². The molecule has 2 N–H and O–H groups in total. The van der Waals surface area contributed by atoms with E-state index in [9.17, 15) is 4.79 Å². The first kappa shape index (κ1) is 11.5. The van der Waals surface area contributed by atoms with Crippen LogP contribution in [0.5, 0.6) is 0 Å². The smallest absolute Gasteiger partial charge is 0.227 e. The Hall–Kier alpha value is -1.55. The molecule has 0 bridgehead atoms. The number of carbonyl (C=O) groups is 1. The second-order valence-electron chi connectivity index (χ2n) is 5.00. The largest absolute Gasteiger partial charge is 0.379 e. The molecule has 0 radical (unpaired) electrons. The summed E-state index contributed by atoms with van der Waals surface area (Å²) in [6.45, 7) is 2.92. The minimum atomic E-state index is 0.244. The fourth-order valence-corrected chi connectivity index (χ4v) is 2.73. The number of hydrogen-bond donors (Lipinski definition) is 2. The minimum absolute atomic E-state index is 0.244. The number of amides is 1. The lowest BCUT2D eigenvalue weighted by atomic mass is 10.2. The van der Waals surface area contributed by atoms with Crippen molar-refractivity contribution in [1.29, 1.82) is 0 Å². The molecule has 0 saturated carbocycles. The van der Waals surface area contributed by atoms with Crippen LogP contribution in [-0.4, -0.2) is 31.6 Å². The van der Waals surface area contributed by atoms with E-state index in [1.165, 1.54) is 0 Å². The molecule has 2 aliphatic heterocycles. The predicted octanol–water partition coefficient (Wildman–Crippen LogP) is 1.59. The fourth-order valence-electron chi connectivity index (χ4n) is 2.73. The average Bonchev–Trinajstić information content (AvgIpc) is 3.02. The molecule has 18 heavy (non-hydrogen) atoms. The molecule has 2 saturated heterocycles. The number of nitrogens with zero attached hydrogens (tertiary/aromatic N) is 1. The van der Waals surface area contributed by atoms with Gasteiger partial charge in [0, 0.05) is 25.6 Å². The molecule has 1 atom stereocenters. The van der Waals surface area contributed by atoms with Gasteiger partial charge in [-0.15, -0.1) is 0 Å². The van der Waals surface area contributed by atoms with Crippen LogP contribution >= 0.6 is 0 Å². The number of hydrogen-bond acceptors (Lipinski definition) is 3. The van der Waals surface area contributed by atoms with E-state index in [1.54, 1.807) is 0 Å². The van der Waals surface area contributed by atoms with Crippen molar-refractivity contribution in [3.63, 3.8) is 0 Å². The molecule has 2 heterocycles. The van der Waals surface area contributed by atoms with E-state index in [1.807, 2.05) is 23.1 Å². The molecule has 0 aliphatic carbocycles. The normalized spacial score (nSPS) is 23.7. The van der Waals surface area contributed by atoms with Gasteiger partial charge in [-0.25, -0.2) is 0 Å². The van der Waals surface area contributed by atoms with Crippen LogP contribution in [0.1, 0.15) is 19.3 Å². The second kappa shape index (κ2) is 4.98. The molecular formula is C14H19N3O. The van der Waals surface area contributed by atoms with Crippen molar-refractivity contribution >= 4 is 17.3 Å². The molecule has 2 aliphatic rings. The summed E-state index contributed by atoms with van der Waals surface area (Å²) in [7, 11) is 0. The summed E-state index contributed by atoms with van der Waals surface area (Å²) in [5.41, 5.74) is 2.12. The van der Waals surface area contributed by atoms with E-state index < -0.39 is 0 Å². The van der Waals surface area contributed by atoms with Gasteiger partial charge >= 0.3 is 0 Å². The molecular weight excluding hydrogens is 226 g/mol. The van der Waals surface area contributed by atoms with Crippen LogP contribution in [0, 0.1) is 0 Å². The third-order valence-corrected chi connectivity index (χ3v) is 3.69. The van der Waals surface area contributed by atoms with Crippen LogP contribution in [0.3, 0.4) is 0 Å². The van der Waals surface area contributed by atoms with Crippen molar-refractivity contribution in [1.82, 2.24) is 5.32 Å². The Morgan fingerprint density at radius 2 is 2.22 bits per heavy atom. The monoisotopic (exact) mass is 245 g/mol. The molecule has 1 unspecified atom stereocenters. The summed E-state index contributed by atoms with van der Waals surface area (Å²) in [4.78, 5) is 13.8. The van der Waals surface area contributed by atoms with Crippen molar-refractivity contribution in [2.75, 3.05) is 29.9 Å². The van der Waals surface area contributed by atoms with Gasteiger partial charge in [-0.2, -0.15) is 0 Å². The van der Waals surface area contributed by atoms with Gasteiger partial charge in [0.25, 0.3) is 0 Å². The van der Waals surface area contributed by atoms with E-state index in [4.69, 9.17) is 0 Å². The molecule has 1 aromatic carbocycles. The summed E-state index contributed by atoms with van der Waals surface area (Å²) in [6, 6.07) is 8.60. The van der Waals surface area contributed by atoms with Crippen LogP contribution in [0.4, 0.5) is 11.4 Å². The second-order valence-corrected chi connectivity index (χ2v) is 5.00. The average molecular weight is 245 g/mol. The van der Waals surface area contributed by atoms with Crippen molar-refractivity contribution < 1.29 is 4.79 Å². The van der Waals surface area contributed by atoms with Gasteiger partial charge < -0.3 is 15.5 Å². The van der Waals surface area contributed by atoms with Crippen LogP contribution < -0.4 is 15.5 Å². The topological polar surface area (TPSA) is 44.4 Å². The van der Waals surface area contributed by atoms with Crippen molar-refractivity contribution in [2.24, 2.45) is 0 Å². The Kier molecular flexibility index (Phi) is 3.19. The standard InChI is InChI=1S/C14H19N3O/c18-14-6-3-9-17(14)13-5-2-1-4-12(13)16-11-7-8-15-10-11/h1-2,4-5,11,15-16H,3,6-10H2. The lowest BCUT2D eigenvalue weighted by Crippen LogP contribution is -2.27. The maximum Gasteiger partial charge on any atom is 0.227 e. The zero-order valence-electron chi connectivity index (χ0n) is 10.5. The molecule has 4 nitrogen and oxygen atoms in total. The summed E-state index contributed by atoms with van der Waals surface area (Å²) in [5.74, 6) is 0.244. The number of anilines is 2. The molecule has 2 fully saturated rings. The third-order valence-electron chi connectivity index (χ3n) is 3.69. The SMILES string of the molecule is O=C1CCCN1c1ccccc1NC1CCNC1. The van der Waals surface area contributed by atoms with Crippen molar-refractivity contribution in [2.45, 2.75) is 25.3 Å². The van der Waals surface area contributed by atoms with Crippen LogP contribution in [0.2, 0.25) is 0 Å². The highest BCUT2D eigenvalue weighted by atomic mass is 16.2. The number of para-hydroxylation sites is 2. The summed E-state index contributed by atoms with van der Waals surface area (Å²) in [5, 5.41) is 6.90. The molecule has 0 aromatic heterocycles. The van der Waals surface area contributed by atoms with Gasteiger partial charge in [-0.3, -0.25) is 4.79 Å². The van der Waals surface area contributed by atoms with Crippen LogP contribution in [0.15, 0.2) is 24.3 Å². The Bertz CT molecular complexity index is 440. The quantitative estimate of drug-likeness (QED) is 0.850. The van der Waals surface area contributed by atoms with Gasteiger partial charge in [-0.05, 0) is 31.5 Å². The van der Waals surface area contributed by atoms with E-state index in [-0.39, 0.29) is 5.91 Å². The molecule has 1 amide bonds. The summed E-state index contributed by atoms with van der Waals surface area (Å²) >= 11 is 0.